The zero-order chi connectivity index (χ0) is 11.7. The number of para-hydroxylation sites is 1. The van der Waals surface area contributed by atoms with Crippen molar-refractivity contribution < 1.29 is 18.4 Å². The van der Waals surface area contributed by atoms with Crippen molar-refractivity contribution in [2.24, 2.45) is 0 Å². The second-order valence-electron chi connectivity index (χ2n) is 3.58. The molecule has 1 aliphatic heterocycles. The molecular formula is C11H9F2NO2. The number of piperidine rings is 1. The van der Waals surface area contributed by atoms with Crippen molar-refractivity contribution in [3.8, 4) is 0 Å². The second-order valence-corrected chi connectivity index (χ2v) is 3.58. The Morgan fingerprint density at radius 2 is 1.75 bits per heavy atom. The number of rotatable bonds is 1. The molecule has 3 nitrogen and oxygen atoms in total. The smallest absolute Gasteiger partial charge is 0.234 e. The Kier molecular flexibility index (Phi) is 2.68. The van der Waals surface area contributed by atoms with E-state index < -0.39 is 17.5 Å². The largest absolute Gasteiger partial charge is 0.306 e. The van der Waals surface area contributed by atoms with E-state index in [4.69, 9.17) is 0 Å². The van der Waals surface area contributed by atoms with Crippen molar-refractivity contribution in [3.05, 3.63) is 29.8 Å². The number of nitrogens with zero attached hydrogens (tertiary/aromatic N) is 1. The van der Waals surface area contributed by atoms with Crippen molar-refractivity contribution in [2.45, 2.75) is 12.8 Å². The molecule has 0 N–H and O–H groups in total. The lowest BCUT2D eigenvalue weighted by Crippen LogP contribution is -2.40. The van der Waals surface area contributed by atoms with Crippen molar-refractivity contribution >= 4 is 17.4 Å². The molecule has 0 aromatic heterocycles. The van der Waals surface area contributed by atoms with Crippen LogP contribution >= 0.6 is 0 Å². The molecule has 0 saturated carbocycles. The lowest BCUT2D eigenvalue weighted by Gasteiger charge is -2.26. The second kappa shape index (κ2) is 4.00. The average molecular weight is 225 g/mol. The number of anilines is 1. The van der Waals surface area contributed by atoms with E-state index in [1.807, 2.05) is 0 Å². The monoisotopic (exact) mass is 225 g/mol. The Bertz CT molecular complexity index is 439. The number of hydrogen-bond acceptors (Lipinski definition) is 2. The molecule has 16 heavy (non-hydrogen) atoms. The molecule has 1 aliphatic rings. The lowest BCUT2D eigenvalue weighted by molar-refractivity contribution is -0.128. The van der Waals surface area contributed by atoms with E-state index in [1.165, 1.54) is 6.07 Å². The molecule has 1 aromatic rings. The maximum Gasteiger partial charge on any atom is 0.234 e. The predicted octanol–water partition coefficient (Wildman–Crippen LogP) is 1.66. The highest BCUT2D eigenvalue weighted by molar-refractivity contribution is 6.08. The van der Waals surface area contributed by atoms with Gasteiger partial charge in [-0.15, -0.1) is 0 Å². The summed E-state index contributed by atoms with van der Waals surface area (Å²) in [5, 5.41) is 0. The molecule has 0 spiro atoms. The van der Waals surface area contributed by atoms with Crippen LogP contribution in [0.4, 0.5) is 14.5 Å². The Balaban J connectivity index is 2.37. The summed E-state index contributed by atoms with van der Waals surface area (Å²) in [7, 11) is 0. The van der Waals surface area contributed by atoms with Crippen molar-refractivity contribution in [1.29, 1.82) is 0 Å². The summed E-state index contributed by atoms with van der Waals surface area (Å²) in [6.45, 7) is 0.0372. The molecule has 1 amide bonds. The first-order valence-electron chi connectivity index (χ1n) is 4.85. The van der Waals surface area contributed by atoms with Gasteiger partial charge in [-0.3, -0.25) is 9.59 Å². The summed E-state index contributed by atoms with van der Waals surface area (Å²) < 4.78 is 26.8. The van der Waals surface area contributed by atoms with E-state index >= 15 is 0 Å². The highest BCUT2D eigenvalue weighted by atomic mass is 19.1. The van der Waals surface area contributed by atoms with Gasteiger partial charge in [-0.1, -0.05) is 6.07 Å². The zero-order valence-corrected chi connectivity index (χ0v) is 8.37. The van der Waals surface area contributed by atoms with Gasteiger partial charge < -0.3 is 4.90 Å². The molecule has 2 rings (SSSR count). The third-order valence-corrected chi connectivity index (χ3v) is 2.47. The van der Waals surface area contributed by atoms with E-state index in [0.29, 0.717) is 0 Å². The fraction of sp³-hybridized carbons (Fsp3) is 0.273. The summed E-state index contributed by atoms with van der Waals surface area (Å²) in [6.07, 6.45) is -0.146. The van der Waals surface area contributed by atoms with Gasteiger partial charge in [-0.25, -0.2) is 8.78 Å². The van der Waals surface area contributed by atoms with Crippen LogP contribution < -0.4 is 4.90 Å². The van der Waals surface area contributed by atoms with E-state index in [9.17, 15) is 18.4 Å². The predicted molar refractivity (Wildman–Crippen MR) is 53.0 cm³/mol. The van der Waals surface area contributed by atoms with Crippen LogP contribution in [-0.4, -0.2) is 18.2 Å². The topological polar surface area (TPSA) is 37.4 Å². The van der Waals surface area contributed by atoms with Gasteiger partial charge in [-0.2, -0.15) is 0 Å². The molecule has 1 aromatic carbocycles. The van der Waals surface area contributed by atoms with Crippen LogP contribution in [0.1, 0.15) is 12.8 Å². The molecule has 0 unspecified atom stereocenters. The fourth-order valence-corrected chi connectivity index (χ4v) is 1.70. The lowest BCUT2D eigenvalue weighted by atomic mass is 10.1. The highest BCUT2D eigenvalue weighted by Gasteiger charge is 2.28. The summed E-state index contributed by atoms with van der Waals surface area (Å²) >= 11 is 0. The summed E-state index contributed by atoms with van der Waals surface area (Å²) in [6, 6.07) is 3.40. The molecular weight excluding hydrogens is 216 g/mol. The number of halogens is 2. The molecule has 84 valence electrons. The number of benzene rings is 1. The minimum absolute atomic E-state index is 0.0372. The first-order valence-corrected chi connectivity index (χ1v) is 4.85. The Labute approximate surface area is 90.7 Å². The van der Waals surface area contributed by atoms with Crippen LogP contribution in [0.3, 0.4) is 0 Å². The number of hydrogen-bond donors (Lipinski definition) is 0. The maximum atomic E-state index is 13.4. The molecule has 1 fully saturated rings. The van der Waals surface area contributed by atoms with Gasteiger partial charge in [0.25, 0.3) is 0 Å². The van der Waals surface area contributed by atoms with Crippen LogP contribution in [0.25, 0.3) is 0 Å². The van der Waals surface area contributed by atoms with Crippen LogP contribution in [0.5, 0.6) is 0 Å². The van der Waals surface area contributed by atoms with Crippen molar-refractivity contribution in [2.75, 3.05) is 11.4 Å². The summed E-state index contributed by atoms with van der Waals surface area (Å²) in [5.74, 6) is -2.33. The quantitative estimate of drug-likeness (QED) is 0.681. The maximum absolute atomic E-state index is 13.4. The summed E-state index contributed by atoms with van der Waals surface area (Å²) in [5.41, 5.74) is -0.361. The minimum atomic E-state index is -0.789. The number of Topliss-reactive ketones (excluding diaryl/α,β-unsaturated/α-hetero) is 1. The first-order chi connectivity index (χ1) is 7.59. The minimum Gasteiger partial charge on any atom is -0.306 e. The van der Waals surface area contributed by atoms with Gasteiger partial charge in [0.15, 0.2) is 0 Å². The van der Waals surface area contributed by atoms with Crippen LogP contribution in [0.2, 0.25) is 0 Å². The molecule has 0 radical (unpaired) electrons. The van der Waals surface area contributed by atoms with Crippen LogP contribution in [-0.2, 0) is 9.59 Å². The standard InChI is InChI=1S/C11H9F2NO2/c12-8-2-1-3-9(13)11(8)14-5-4-7(15)6-10(14)16/h1-3H,4-6H2. The van der Waals surface area contributed by atoms with Crippen molar-refractivity contribution in [3.63, 3.8) is 0 Å². The third-order valence-electron chi connectivity index (χ3n) is 2.47. The molecule has 0 atom stereocenters. The van der Waals surface area contributed by atoms with Crippen LogP contribution in [0.15, 0.2) is 18.2 Å². The van der Waals surface area contributed by atoms with E-state index in [1.54, 1.807) is 0 Å². The van der Waals surface area contributed by atoms with Gasteiger partial charge in [0.1, 0.15) is 23.1 Å². The molecule has 0 aliphatic carbocycles. The molecule has 5 heteroatoms. The van der Waals surface area contributed by atoms with Gasteiger partial charge in [-0.05, 0) is 12.1 Å². The number of amides is 1. The summed E-state index contributed by atoms with van der Waals surface area (Å²) in [4.78, 5) is 23.5. The Morgan fingerprint density at radius 1 is 1.12 bits per heavy atom. The Morgan fingerprint density at radius 3 is 2.31 bits per heavy atom. The average Bonchev–Trinajstić information content (AvgIpc) is 2.20. The van der Waals surface area contributed by atoms with Crippen molar-refractivity contribution in [1.82, 2.24) is 0 Å². The fourth-order valence-electron chi connectivity index (χ4n) is 1.70. The van der Waals surface area contributed by atoms with E-state index in [0.717, 1.165) is 17.0 Å². The normalized spacial score (nSPS) is 16.8. The highest BCUT2D eigenvalue weighted by Crippen LogP contribution is 2.25. The van der Waals surface area contributed by atoms with Gasteiger partial charge in [0, 0.05) is 13.0 Å². The SMILES string of the molecule is O=C1CCN(c2c(F)cccc2F)C(=O)C1. The number of carbonyl (C=O) groups excluding carboxylic acids is 2. The van der Waals surface area contributed by atoms with Gasteiger partial charge in [0.05, 0.1) is 6.42 Å². The Hall–Kier alpha value is -1.78. The van der Waals surface area contributed by atoms with E-state index in [2.05, 4.69) is 0 Å². The van der Waals surface area contributed by atoms with Gasteiger partial charge in [0.2, 0.25) is 5.91 Å². The molecule has 0 bridgehead atoms. The molecule has 1 saturated heterocycles. The third kappa shape index (κ3) is 1.80. The van der Waals surface area contributed by atoms with Gasteiger partial charge >= 0.3 is 0 Å². The van der Waals surface area contributed by atoms with Crippen LogP contribution in [0, 0.1) is 11.6 Å². The molecule has 1 heterocycles. The number of ketones is 1. The zero-order valence-electron chi connectivity index (χ0n) is 8.37. The first kappa shape index (κ1) is 10.7. The number of carbonyl (C=O) groups is 2. The van der Waals surface area contributed by atoms with E-state index in [-0.39, 0.29) is 30.9 Å².